The molecule has 2 aliphatic heterocycles. The number of anilines is 4. The van der Waals surface area contributed by atoms with E-state index in [1.54, 1.807) is 10.9 Å². The van der Waals surface area contributed by atoms with Gasteiger partial charge >= 0.3 is 6.18 Å². The summed E-state index contributed by atoms with van der Waals surface area (Å²) in [7, 11) is 15.4. The van der Waals surface area contributed by atoms with Crippen molar-refractivity contribution in [2.75, 3.05) is 100 Å². The highest BCUT2D eigenvalue weighted by atomic mass is 19.4. The lowest BCUT2D eigenvalue weighted by atomic mass is 9.82. The lowest BCUT2D eigenvalue weighted by Crippen LogP contribution is -2.57. The number of benzene rings is 4. The van der Waals surface area contributed by atoms with Gasteiger partial charge in [-0.2, -0.15) is 33.6 Å². The number of alkyl halides is 3. The van der Waals surface area contributed by atoms with Crippen LogP contribution >= 0.6 is 0 Å². The number of hydrogen-bond donors (Lipinski definition) is 1. The fourth-order valence-corrected chi connectivity index (χ4v) is 25.3. The lowest BCUT2D eigenvalue weighted by Gasteiger charge is -2.47. The highest BCUT2D eigenvalue weighted by Gasteiger charge is 2.41. The first kappa shape index (κ1) is 113. The summed E-state index contributed by atoms with van der Waals surface area (Å²) >= 11 is 0. The van der Waals surface area contributed by atoms with Crippen LogP contribution in [-0.4, -0.2) is 224 Å². The Balaban J connectivity index is 0.000000157. The monoisotopic (exact) mass is 2050 g/mol. The van der Waals surface area contributed by atoms with E-state index in [2.05, 4.69) is 123 Å². The fourth-order valence-electron chi connectivity index (χ4n) is 25.3. The number of rotatable bonds is 35. The molecule has 2 saturated heterocycles. The SMILES string of the molecule is CCN(c1c(C)c(C(=O)CCC2=C(C)C=C(C)CC2=O)cc2c1cnn2C)C1CCC(N(C)C)CC1.CCN(c1c(C)c(C(=O)CCC2=C(OC)C=C(C)CC2=O)cc2c1cnn2C)C1CCC(CC(F)(F)F)CC1.CCc1c(C(=O)CCC2=C(C)C=C(C)CC2=O)cc2c(cnn2C)c1N(CC)C1CCC(N2CC(OC)C2)CC1.CCc1c(C(=O)CCc2c(C)cc(C)[nH]c2=O)cc2c(cnn2C)c1N(CC)C1CCOCC1. The molecule has 5 aromatic heterocycles. The van der Waals surface area contributed by atoms with Crippen LogP contribution in [0.25, 0.3) is 43.6 Å². The van der Waals surface area contributed by atoms with E-state index in [1.165, 1.54) is 38.5 Å². The molecule has 8 aliphatic rings. The molecular weight excluding hydrogens is 1880 g/mol. The van der Waals surface area contributed by atoms with Crippen molar-refractivity contribution in [2.45, 2.75) is 332 Å². The van der Waals surface area contributed by atoms with E-state index in [-0.39, 0.29) is 64.4 Å². The Bertz CT molecular complexity index is 6730. The van der Waals surface area contributed by atoms with Gasteiger partial charge < -0.3 is 43.7 Å². The summed E-state index contributed by atoms with van der Waals surface area (Å²) in [6.07, 6.45) is 28.6. The predicted molar refractivity (Wildman–Crippen MR) is 591 cm³/mol. The number of likely N-dealkylation sites (tertiary alicyclic amines) is 1. The molecule has 0 amide bonds. The minimum atomic E-state index is -4.13. The summed E-state index contributed by atoms with van der Waals surface area (Å²) in [5, 5.41) is 22.4. The van der Waals surface area contributed by atoms with Gasteiger partial charge in [0.1, 0.15) is 5.76 Å². The first-order valence-corrected chi connectivity index (χ1v) is 54.8. The number of Topliss-reactive ketones (excluding diaryl/α,β-unsaturated/α-hetero) is 7. The highest BCUT2D eigenvalue weighted by molar-refractivity contribution is 6.11. The average molecular weight is 2050 g/mol. The van der Waals surface area contributed by atoms with Crippen LogP contribution in [0.2, 0.25) is 0 Å². The van der Waals surface area contributed by atoms with Crippen LogP contribution in [0.3, 0.4) is 0 Å². The Hall–Kier alpha value is -11.5. The number of ether oxygens (including phenoxy) is 3. The summed E-state index contributed by atoms with van der Waals surface area (Å²) < 4.78 is 62.8. The molecule has 6 aliphatic carbocycles. The number of nitrogens with zero attached hydrogens (tertiary/aromatic N) is 14. The smallest absolute Gasteiger partial charge is 0.389 e. The van der Waals surface area contributed by atoms with Gasteiger partial charge in [-0.1, -0.05) is 42.7 Å². The summed E-state index contributed by atoms with van der Waals surface area (Å²) in [6, 6.07) is 12.6. The largest absolute Gasteiger partial charge is 0.496 e. The molecule has 5 fully saturated rings. The normalized spacial score (nSPS) is 19.8. The van der Waals surface area contributed by atoms with Gasteiger partial charge in [-0.05, 0) is 325 Å². The van der Waals surface area contributed by atoms with E-state index >= 15 is 0 Å². The molecule has 0 bridgehead atoms. The molecule has 0 atom stereocenters. The first-order chi connectivity index (χ1) is 71.1. The van der Waals surface area contributed by atoms with Crippen LogP contribution in [0.5, 0.6) is 0 Å². The molecular formula is C120H162F3N15O11. The number of aryl methyl sites for hydroxylation is 6. The van der Waals surface area contributed by atoms with Gasteiger partial charge in [0.25, 0.3) is 5.56 Å². The molecule has 3 saturated carbocycles. The third-order valence-corrected chi connectivity index (χ3v) is 33.3. The standard InChI is InChI=1S/C33H46N4O3.C30H38F3N3O3.C30H42N4O2.C27H36N4O3/c1-7-26-28(31(38)14-13-27-22(4)15-21(3)16-32(27)39)17-30-29(18-34-35(30)5)33(26)37(8-2)24-11-9-23(10-12-24)36-19-25(20-36)40-6;1-6-36(21-9-7-20(8-10-21)16-30(31,32)33)29-19(3)23(15-25-24(29)17-34-35(25)4)26(37)12-11-22-27(38)13-18(2)14-28(22)39-5;1-8-34(23-11-9-22(10-12-23)32(5)6)30-21(4)25(17-27-26(30)18-31-33(27)7)28(35)14-13-24-20(3)15-19(2)16-29(24)36;1-6-20-22(25(32)9-8-21-17(3)14-18(4)29-27(21)33)15-24-23(16-28-30(24)5)26(20)31(7-2)19-10-12-34-13-11-19/h15,17-18,23-25H,7-14,16,19-20H2,1-6H3;14-15,17,20-21H,6-13,16H2,1-5H3;15,17-18,22-23H,8-14,16H2,1-7H3;14-16,19H,6-13H2,1-5H3,(H,29,33). The summed E-state index contributed by atoms with van der Waals surface area (Å²) in [5.74, 6) is 0.714. The Labute approximate surface area is 878 Å². The molecule has 0 unspecified atom stereocenters. The van der Waals surface area contributed by atoms with Gasteiger partial charge in [-0.15, -0.1) is 0 Å². The van der Waals surface area contributed by atoms with Crippen molar-refractivity contribution in [3.8, 4) is 0 Å². The second-order valence-corrected chi connectivity index (χ2v) is 43.3. The number of pyridine rings is 1. The first-order valence-electron chi connectivity index (χ1n) is 54.8. The van der Waals surface area contributed by atoms with E-state index in [1.807, 2.05) is 167 Å². The average Bonchev–Trinajstić information content (AvgIpc) is 1.65. The van der Waals surface area contributed by atoms with Crippen molar-refractivity contribution >= 4 is 107 Å². The minimum Gasteiger partial charge on any atom is -0.496 e. The molecule has 9 aromatic rings. The van der Waals surface area contributed by atoms with Crippen LogP contribution in [0.1, 0.15) is 317 Å². The topological polar surface area (TPSA) is 271 Å². The second-order valence-electron chi connectivity index (χ2n) is 43.3. The Morgan fingerprint density at radius 1 is 0.436 bits per heavy atom. The molecule has 29 heteroatoms. The van der Waals surface area contributed by atoms with Crippen LogP contribution in [0.15, 0.2) is 128 Å². The number of ketones is 7. The van der Waals surface area contributed by atoms with Crippen molar-refractivity contribution < 1.29 is 60.9 Å². The highest BCUT2D eigenvalue weighted by Crippen LogP contribution is 2.47. The Morgan fingerprint density at radius 3 is 1.16 bits per heavy atom. The number of fused-ring (bicyclic) bond motifs is 4. The minimum absolute atomic E-state index is 0.0163. The Kier molecular flexibility index (Phi) is 37.7. The van der Waals surface area contributed by atoms with E-state index in [4.69, 9.17) is 14.2 Å². The number of carbonyl (C=O) groups is 7. The lowest BCUT2D eigenvalue weighted by molar-refractivity contribution is -0.146. The van der Waals surface area contributed by atoms with E-state index in [0.717, 1.165) is 247 Å². The molecule has 26 nitrogen and oxygen atoms in total. The molecule has 7 heterocycles. The maximum Gasteiger partial charge on any atom is 0.389 e. The Morgan fingerprint density at radius 2 is 0.785 bits per heavy atom. The maximum absolute atomic E-state index is 13.9. The van der Waals surface area contributed by atoms with Gasteiger partial charge in [0.15, 0.2) is 40.5 Å². The second kappa shape index (κ2) is 49.7. The van der Waals surface area contributed by atoms with Gasteiger partial charge in [0.05, 0.1) is 82.8 Å². The van der Waals surface area contributed by atoms with Crippen LogP contribution in [0.4, 0.5) is 35.9 Å². The van der Waals surface area contributed by atoms with Gasteiger partial charge in [0, 0.05) is 236 Å². The van der Waals surface area contributed by atoms with Gasteiger partial charge in [0.2, 0.25) is 0 Å². The molecule has 0 spiro atoms. The zero-order valence-electron chi connectivity index (χ0n) is 92.9. The van der Waals surface area contributed by atoms with Crippen molar-refractivity contribution in [1.29, 1.82) is 0 Å². The van der Waals surface area contributed by atoms with Crippen molar-refractivity contribution in [3.05, 3.63) is 195 Å². The third kappa shape index (κ3) is 25.4. The van der Waals surface area contributed by atoms with Crippen molar-refractivity contribution in [2.24, 2.45) is 34.1 Å². The number of H-pyrrole nitrogens is 1. The molecule has 0 radical (unpaired) electrons. The fraction of sp³-hybridized carbons (Fsp3) is 0.567. The summed E-state index contributed by atoms with van der Waals surface area (Å²) in [5.41, 5.74) is 24.8. The molecule has 4 aromatic carbocycles. The summed E-state index contributed by atoms with van der Waals surface area (Å²) in [6.45, 7) is 37.6. The van der Waals surface area contributed by atoms with E-state index in [9.17, 15) is 51.5 Å². The number of methoxy groups -OCH3 is 2. The van der Waals surface area contributed by atoms with Crippen LogP contribution in [-0.2, 0) is 76.0 Å². The van der Waals surface area contributed by atoms with Crippen molar-refractivity contribution in [1.82, 2.24) is 53.9 Å². The third-order valence-electron chi connectivity index (χ3n) is 33.3. The van der Waals surface area contributed by atoms with Crippen LogP contribution in [0, 0.1) is 33.6 Å². The summed E-state index contributed by atoms with van der Waals surface area (Å²) in [4.78, 5) is 123. The van der Waals surface area contributed by atoms with Gasteiger partial charge in [-0.25, -0.2) is 0 Å². The van der Waals surface area contributed by atoms with Crippen molar-refractivity contribution in [3.63, 3.8) is 0 Å². The number of halogens is 3. The maximum atomic E-state index is 13.9. The molecule has 149 heavy (non-hydrogen) atoms. The molecule has 17 rings (SSSR count). The quantitative estimate of drug-likeness (QED) is 0.0361. The predicted octanol–water partition coefficient (Wildman–Crippen LogP) is 22.8. The number of hydrogen-bond acceptors (Lipinski definition) is 21. The number of aromatic amines is 1. The van der Waals surface area contributed by atoms with Gasteiger partial charge in [-0.3, -0.25) is 62.0 Å². The molecule has 804 valence electrons. The number of nitrogens with one attached hydrogen (secondary N) is 1. The van der Waals surface area contributed by atoms with Crippen LogP contribution < -0.4 is 25.2 Å². The number of carbonyl (C=O) groups excluding carboxylic acids is 7. The number of aromatic nitrogens is 9. The van der Waals surface area contributed by atoms with E-state index < -0.39 is 12.6 Å². The zero-order valence-corrected chi connectivity index (χ0v) is 92.9. The molecule has 1 N–H and O–H groups in total. The zero-order chi connectivity index (χ0) is 108. The van der Waals surface area contributed by atoms with E-state index in [0.29, 0.717) is 155 Å². The number of allylic oxidation sites excluding steroid dienone is 11.